The molecule has 1 N–H and O–H groups in total. The van der Waals surface area contributed by atoms with E-state index in [9.17, 15) is 14.9 Å². The smallest absolute Gasteiger partial charge is 0.284 e. The van der Waals surface area contributed by atoms with Gasteiger partial charge in [0.1, 0.15) is 12.7 Å². The molecule has 0 radical (unpaired) electrons. The van der Waals surface area contributed by atoms with Gasteiger partial charge >= 0.3 is 0 Å². The van der Waals surface area contributed by atoms with Crippen LogP contribution in [0.1, 0.15) is 15.9 Å². The molecule has 0 aliphatic carbocycles. The standard InChI is InChI=1S/C18H15N9O3S/c1-11-7-13(4-5-14(11)26-10-20-23-24-26)21-17(28)12-3-6-16(15(8-12)27(29)30)31-18-22-19-9-25(18)2/h3-10H,1-2H3,(H,21,28). The Bertz CT molecular complexity index is 1270. The topological polar surface area (TPSA) is 147 Å². The molecule has 0 aliphatic heterocycles. The molecule has 0 bridgehead atoms. The number of hydrogen-bond acceptors (Lipinski definition) is 9. The number of nitro groups is 1. The average molecular weight is 437 g/mol. The summed E-state index contributed by atoms with van der Waals surface area (Å²) in [6.07, 6.45) is 2.98. The largest absolute Gasteiger partial charge is 0.322 e. The van der Waals surface area contributed by atoms with Crippen molar-refractivity contribution in [3.8, 4) is 5.69 Å². The third-order valence-electron chi connectivity index (χ3n) is 4.34. The number of nitrogens with one attached hydrogen (secondary N) is 1. The molecule has 0 spiro atoms. The van der Waals surface area contributed by atoms with E-state index in [-0.39, 0.29) is 11.3 Å². The maximum Gasteiger partial charge on any atom is 0.284 e. The Morgan fingerprint density at radius 3 is 2.65 bits per heavy atom. The normalized spacial score (nSPS) is 10.8. The maximum atomic E-state index is 12.7. The molecule has 2 heterocycles. The lowest BCUT2D eigenvalue weighted by Gasteiger charge is -2.10. The van der Waals surface area contributed by atoms with Gasteiger partial charge in [-0.3, -0.25) is 14.9 Å². The lowest BCUT2D eigenvalue weighted by Crippen LogP contribution is -2.13. The zero-order valence-corrected chi connectivity index (χ0v) is 17.1. The Morgan fingerprint density at radius 1 is 1.16 bits per heavy atom. The summed E-state index contributed by atoms with van der Waals surface area (Å²) in [5.74, 6) is -0.465. The fourth-order valence-corrected chi connectivity index (χ4v) is 3.67. The number of amides is 1. The van der Waals surface area contributed by atoms with Gasteiger partial charge in [0, 0.05) is 24.4 Å². The highest BCUT2D eigenvalue weighted by Crippen LogP contribution is 2.34. The van der Waals surface area contributed by atoms with Gasteiger partial charge in [0.15, 0.2) is 5.16 Å². The van der Waals surface area contributed by atoms with Crippen molar-refractivity contribution in [1.29, 1.82) is 0 Å². The van der Waals surface area contributed by atoms with Crippen LogP contribution in [0.3, 0.4) is 0 Å². The predicted molar refractivity (Wildman–Crippen MR) is 110 cm³/mol. The van der Waals surface area contributed by atoms with Crippen LogP contribution >= 0.6 is 11.8 Å². The molecule has 31 heavy (non-hydrogen) atoms. The fourth-order valence-electron chi connectivity index (χ4n) is 2.82. The van der Waals surface area contributed by atoms with E-state index in [1.807, 2.05) is 6.92 Å². The number of rotatable bonds is 6. The van der Waals surface area contributed by atoms with Crippen LogP contribution in [0.5, 0.6) is 0 Å². The van der Waals surface area contributed by atoms with Crippen LogP contribution < -0.4 is 5.32 Å². The van der Waals surface area contributed by atoms with Crippen LogP contribution in [0.25, 0.3) is 5.69 Å². The minimum atomic E-state index is -0.527. The first kappa shape index (κ1) is 20.2. The first-order chi connectivity index (χ1) is 14.9. The van der Waals surface area contributed by atoms with Gasteiger partial charge < -0.3 is 9.88 Å². The summed E-state index contributed by atoms with van der Waals surface area (Å²) in [6.45, 7) is 1.86. The Balaban J connectivity index is 1.56. The van der Waals surface area contributed by atoms with Gasteiger partial charge in [-0.25, -0.2) is 4.68 Å². The Morgan fingerprint density at radius 2 is 2.00 bits per heavy atom. The van der Waals surface area contributed by atoms with Crippen molar-refractivity contribution in [3.05, 3.63) is 70.3 Å². The lowest BCUT2D eigenvalue weighted by atomic mass is 10.1. The molecule has 4 rings (SSSR count). The van der Waals surface area contributed by atoms with Crippen LogP contribution in [0.15, 0.2) is 59.1 Å². The SMILES string of the molecule is Cc1cc(NC(=O)c2ccc(Sc3nncn3C)c([N+](=O)[O-])c2)ccc1-n1cnnn1. The molecular weight excluding hydrogens is 422 g/mol. The molecule has 156 valence electrons. The summed E-state index contributed by atoms with van der Waals surface area (Å²) < 4.78 is 3.16. The highest BCUT2D eigenvalue weighted by Gasteiger charge is 2.20. The fraction of sp³-hybridized carbons (Fsp3) is 0.111. The molecule has 0 aliphatic rings. The second-order valence-corrected chi connectivity index (χ2v) is 7.48. The molecule has 2 aromatic heterocycles. The molecule has 12 nitrogen and oxygen atoms in total. The number of aromatic nitrogens is 7. The predicted octanol–water partition coefficient (Wildman–Crippen LogP) is 2.41. The number of tetrazole rings is 1. The van der Waals surface area contributed by atoms with Gasteiger partial charge in [-0.1, -0.05) is 0 Å². The van der Waals surface area contributed by atoms with E-state index in [0.29, 0.717) is 15.7 Å². The molecule has 0 unspecified atom stereocenters. The average Bonchev–Trinajstić information content (AvgIpc) is 3.40. The zero-order valence-electron chi connectivity index (χ0n) is 16.3. The number of aryl methyl sites for hydroxylation is 2. The monoisotopic (exact) mass is 437 g/mol. The van der Waals surface area contributed by atoms with Crippen LogP contribution in [-0.2, 0) is 7.05 Å². The summed E-state index contributed by atoms with van der Waals surface area (Å²) in [4.78, 5) is 24.1. The van der Waals surface area contributed by atoms with E-state index in [2.05, 4.69) is 31.0 Å². The number of nitro benzene ring substituents is 1. The number of carbonyl (C=O) groups is 1. The van der Waals surface area contributed by atoms with E-state index < -0.39 is 10.8 Å². The summed E-state index contributed by atoms with van der Waals surface area (Å²) in [6, 6.07) is 9.54. The molecule has 0 saturated heterocycles. The summed E-state index contributed by atoms with van der Waals surface area (Å²) in [5, 5.41) is 33.6. The number of anilines is 1. The van der Waals surface area contributed by atoms with Crippen molar-refractivity contribution in [1.82, 2.24) is 35.0 Å². The molecular formula is C18H15N9O3S. The number of carbonyl (C=O) groups excluding carboxylic acids is 1. The van der Waals surface area contributed by atoms with Crippen molar-refractivity contribution in [2.24, 2.45) is 7.05 Å². The maximum absolute atomic E-state index is 12.7. The Labute approximate surface area is 179 Å². The van der Waals surface area contributed by atoms with Crippen molar-refractivity contribution < 1.29 is 9.72 Å². The third-order valence-corrected chi connectivity index (χ3v) is 5.46. The second kappa shape index (κ2) is 8.31. The van der Waals surface area contributed by atoms with Crippen molar-refractivity contribution >= 4 is 29.0 Å². The molecule has 2 aromatic carbocycles. The highest BCUT2D eigenvalue weighted by molar-refractivity contribution is 7.99. The molecule has 0 saturated carbocycles. The van der Waals surface area contributed by atoms with Gasteiger partial charge in [-0.05, 0) is 65.0 Å². The summed E-state index contributed by atoms with van der Waals surface area (Å²) in [5.41, 5.74) is 2.12. The van der Waals surface area contributed by atoms with E-state index in [1.165, 1.54) is 35.5 Å². The van der Waals surface area contributed by atoms with E-state index in [0.717, 1.165) is 23.0 Å². The lowest BCUT2D eigenvalue weighted by molar-refractivity contribution is -0.387. The molecule has 0 atom stereocenters. The third kappa shape index (κ3) is 4.25. The minimum absolute atomic E-state index is 0.163. The van der Waals surface area contributed by atoms with Crippen molar-refractivity contribution in [3.63, 3.8) is 0 Å². The second-order valence-electron chi connectivity index (χ2n) is 6.48. The van der Waals surface area contributed by atoms with Gasteiger partial charge in [0.05, 0.1) is 15.5 Å². The van der Waals surface area contributed by atoms with Gasteiger partial charge in [-0.2, -0.15) is 0 Å². The van der Waals surface area contributed by atoms with E-state index in [1.54, 1.807) is 29.8 Å². The quantitative estimate of drug-likeness (QED) is 0.355. The Kier molecular flexibility index (Phi) is 5.41. The van der Waals surface area contributed by atoms with Crippen LogP contribution in [0.4, 0.5) is 11.4 Å². The van der Waals surface area contributed by atoms with Crippen LogP contribution in [0, 0.1) is 17.0 Å². The molecule has 0 fully saturated rings. The first-order valence-corrected chi connectivity index (χ1v) is 9.69. The van der Waals surface area contributed by atoms with E-state index in [4.69, 9.17) is 0 Å². The first-order valence-electron chi connectivity index (χ1n) is 8.88. The van der Waals surface area contributed by atoms with E-state index >= 15 is 0 Å². The van der Waals surface area contributed by atoms with Crippen LogP contribution in [0.2, 0.25) is 0 Å². The zero-order chi connectivity index (χ0) is 22.0. The Hall–Kier alpha value is -4.13. The van der Waals surface area contributed by atoms with Crippen molar-refractivity contribution in [2.75, 3.05) is 5.32 Å². The number of nitrogens with zero attached hydrogens (tertiary/aromatic N) is 8. The number of benzene rings is 2. The highest BCUT2D eigenvalue weighted by atomic mass is 32.2. The minimum Gasteiger partial charge on any atom is -0.322 e. The van der Waals surface area contributed by atoms with Gasteiger partial charge in [0.2, 0.25) is 0 Å². The molecule has 13 heteroatoms. The van der Waals surface area contributed by atoms with Crippen LogP contribution in [-0.4, -0.2) is 45.8 Å². The summed E-state index contributed by atoms with van der Waals surface area (Å²) in [7, 11) is 1.74. The van der Waals surface area contributed by atoms with Crippen molar-refractivity contribution in [2.45, 2.75) is 17.0 Å². The van der Waals surface area contributed by atoms with Gasteiger partial charge in [0.25, 0.3) is 11.6 Å². The summed E-state index contributed by atoms with van der Waals surface area (Å²) >= 11 is 1.10. The molecule has 1 amide bonds. The van der Waals surface area contributed by atoms with Gasteiger partial charge in [-0.15, -0.1) is 15.3 Å². The number of hydrogen-bond donors (Lipinski definition) is 1. The molecule has 4 aromatic rings.